The van der Waals surface area contributed by atoms with Crippen LogP contribution in [0, 0.1) is 11.3 Å². The Morgan fingerprint density at radius 2 is 2.20 bits per heavy atom. The number of fused-ring (bicyclic) bond motifs is 1. The summed E-state index contributed by atoms with van der Waals surface area (Å²) in [5, 5.41) is 8.80. The van der Waals surface area contributed by atoms with Crippen LogP contribution in [0.25, 0.3) is 0 Å². The summed E-state index contributed by atoms with van der Waals surface area (Å²) in [4.78, 5) is 13.3. The fourth-order valence-corrected chi connectivity index (χ4v) is 1.91. The SMILES string of the molecule is CN1C(=O)CCCc2cc(C#N)ccc21. The minimum Gasteiger partial charge on any atom is -0.315 e. The van der Waals surface area contributed by atoms with Gasteiger partial charge < -0.3 is 4.90 Å². The van der Waals surface area contributed by atoms with Crippen LogP contribution < -0.4 is 4.90 Å². The Bertz CT molecular complexity index is 445. The molecule has 0 radical (unpaired) electrons. The van der Waals surface area contributed by atoms with Crippen LogP contribution >= 0.6 is 0 Å². The maximum atomic E-state index is 11.6. The lowest BCUT2D eigenvalue weighted by molar-refractivity contribution is -0.118. The molecule has 0 atom stereocenters. The number of nitriles is 1. The van der Waals surface area contributed by atoms with E-state index in [2.05, 4.69) is 6.07 Å². The molecule has 3 nitrogen and oxygen atoms in total. The molecule has 1 amide bonds. The molecular weight excluding hydrogens is 188 g/mol. The van der Waals surface area contributed by atoms with E-state index in [1.165, 1.54) is 0 Å². The molecule has 15 heavy (non-hydrogen) atoms. The van der Waals surface area contributed by atoms with Crippen LogP contribution in [0.3, 0.4) is 0 Å². The molecule has 0 spiro atoms. The normalized spacial score (nSPS) is 15.5. The third-order valence-corrected chi connectivity index (χ3v) is 2.78. The highest BCUT2D eigenvalue weighted by Crippen LogP contribution is 2.26. The van der Waals surface area contributed by atoms with Crippen molar-refractivity contribution in [1.82, 2.24) is 0 Å². The van der Waals surface area contributed by atoms with Crippen molar-refractivity contribution in [3.63, 3.8) is 0 Å². The van der Waals surface area contributed by atoms with Gasteiger partial charge in [0.15, 0.2) is 0 Å². The topological polar surface area (TPSA) is 44.1 Å². The fourth-order valence-electron chi connectivity index (χ4n) is 1.91. The van der Waals surface area contributed by atoms with Gasteiger partial charge in [0.25, 0.3) is 0 Å². The van der Waals surface area contributed by atoms with Gasteiger partial charge in [-0.1, -0.05) is 0 Å². The Labute approximate surface area is 88.9 Å². The van der Waals surface area contributed by atoms with E-state index < -0.39 is 0 Å². The predicted molar refractivity (Wildman–Crippen MR) is 57.5 cm³/mol. The summed E-state index contributed by atoms with van der Waals surface area (Å²) in [6.45, 7) is 0. The monoisotopic (exact) mass is 200 g/mol. The molecule has 1 aromatic carbocycles. The van der Waals surface area contributed by atoms with Crippen LogP contribution in [0.5, 0.6) is 0 Å². The van der Waals surface area contributed by atoms with E-state index in [-0.39, 0.29) is 5.91 Å². The second kappa shape index (κ2) is 3.74. The number of rotatable bonds is 0. The van der Waals surface area contributed by atoms with Gasteiger partial charge in [0.2, 0.25) is 5.91 Å². The molecule has 1 aliphatic heterocycles. The average Bonchev–Trinajstić information content (AvgIpc) is 2.40. The Hall–Kier alpha value is -1.82. The van der Waals surface area contributed by atoms with Crippen LogP contribution in [0.1, 0.15) is 24.0 Å². The molecule has 1 heterocycles. The summed E-state index contributed by atoms with van der Waals surface area (Å²) in [6.07, 6.45) is 2.33. The molecule has 1 aromatic rings. The number of anilines is 1. The molecule has 0 saturated heterocycles. The zero-order valence-electron chi connectivity index (χ0n) is 8.66. The van der Waals surface area contributed by atoms with Gasteiger partial charge >= 0.3 is 0 Å². The van der Waals surface area contributed by atoms with E-state index in [1.807, 2.05) is 12.1 Å². The van der Waals surface area contributed by atoms with Crippen molar-refractivity contribution in [1.29, 1.82) is 5.26 Å². The molecular formula is C12H12N2O. The largest absolute Gasteiger partial charge is 0.315 e. The number of hydrogen-bond acceptors (Lipinski definition) is 2. The van der Waals surface area contributed by atoms with Crippen molar-refractivity contribution >= 4 is 11.6 Å². The van der Waals surface area contributed by atoms with E-state index in [0.29, 0.717) is 12.0 Å². The molecule has 76 valence electrons. The number of benzene rings is 1. The van der Waals surface area contributed by atoms with Crippen molar-refractivity contribution in [2.24, 2.45) is 0 Å². The first-order valence-corrected chi connectivity index (χ1v) is 5.02. The van der Waals surface area contributed by atoms with Gasteiger partial charge in [-0.05, 0) is 36.6 Å². The van der Waals surface area contributed by atoms with E-state index in [1.54, 1.807) is 18.0 Å². The highest BCUT2D eigenvalue weighted by Gasteiger charge is 2.18. The van der Waals surface area contributed by atoms with Crippen LogP contribution in [-0.2, 0) is 11.2 Å². The number of carbonyl (C=O) groups excluding carboxylic acids is 1. The molecule has 1 aliphatic rings. The first kappa shape index (κ1) is 9.72. The van der Waals surface area contributed by atoms with Crippen molar-refractivity contribution in [2.75, 3.05) is 11.9 Å². The molecule has 2 rings (SSSR count). The summed E-state index contributed by atoms with van der Waals surface area (Å²) < 4.78 is 0. The second-order valence-corrected chi connectivity index (χ2v) is 3.76. The highest BCUT2D eigenvalue weighted by atomic mass is 16.2. The smallest absolute Gasteiger partial charge is 0.226 e. The third-order valence-electron chi connectivity index (χ3n) is 2.78. The first-order valence-electron chi connectivity index (χ1n) is 5.02. The predicted octanol–water partition coefficient (Wildman–Crippen LogP) is 1.86. The lowest BCUT2D eigenvalue weighted by atomic mass is 10.0. The number of aryl methyl sites for hydroxylation is 1. The minimum absolute atomic E-state index is 0.151. The average molecular weight is 200 g/mol. The third kappa shape index (κ3) is 1.71. The summed E-state index contributed by atoms with van der Waals surface area (Å²) in [5.74, 6) is 0.151. The molecule has 0 saturated carbocycles. The maximum absolute atomic E-state index is 11.6. The van der Waals surface area contributed by atoms with Crippen molar-refractivity contribution in [2.45, 2.75) is 19.3 Å². The van der Waals surface area contributed by atoms with Gasteiger partial charge in [0, 0.05) is 19.2 Å². The lowest BCUT2D eigenvalue weighted by Gasteiger charge is -2.17. The van der Waals surface area contributed by atoms with E-state index in [0.717, 1.165) is 24.1 Å². The zero-order valence-corrected chi connectivity index (χ0v) is 8.66. The van der Waals surface area contributed by atoms with Crippen LogP contribution in [-0.4, -0.2) is 13.0 Å². The first-order chi connectivity index (χ1) is 7.22. The van der Waals surface area contributed by atoms with Gasteiger partial charge in [0.1, 0.15) is 0 Å². The Balaban J connectivity index is 2.49. The molecule has 0 N–H and O–H groups in total. The van der Waals surface area contributed by atoms with Gasteiger partial charge in [-0.2, -0.15) is 5.26 Å². The fraction of sp³-hybridized carbons (Fsp3) is 0.333. The molecule has 0 unspecified atom stereocenters. The number of nitrogens with zero attached hydrogens (tertiary/aromatic N) is 2. The van der Waals surface area contributed by atoms with E-state index in [4.69, 9.17) is 5.26 Å². The Kier molecular flexibility index (Phi) is 2.42. The van der Waals surface area contributed by atoms with E-state index in [9.17, 15) is 4.79 Å². The van der Waals surface area contributed by atoms with Crippen molar-refractivity contribution < 1.29 is 4.79 Å². The van der Waals surface area contributed by atoms with Gasteiger partial charge in [-0.3, -0.25) is 4.79 Å². The summed E-state index contributed by atoms with van der Waals surface area (Å²) in [5.41, 5.74) is 2.70. The van der Waals surface area contributed by atoms with Crippen molar-refractivity contribution in [3.8, 4) is 6.07 Å². The molecule has 0 aromatic heterocycles. The molecule has 0 fully saturated rings. The number of amides is 1. The maximum Gasteiger partial charge on any atom is 0.226 e. The number of carbonyl (C=O) groups is 1. The Morgan fingerprint density at radius 1 is 1.40 bits per heavy atom. The summed E-state index contributed by atoms with van der Waals surface area (Å²) >= 11 is 0. The molecule has 0 aliphatic carbocycles. The highest BCUT2D eigenvalue weighted by molar-refractivity contribution is 5.94. The van der Waals surface area contributed by atoms with Gasteiger partial charge in [-0.15, -0.1) is 0 Å². The van der Waals surface area contributed by atoms with Crippen LogP contribution in [0.15, 0.2) is 18.2 Å². The van der Waals surface area contributed by atoms with Crippen LogP contribution in [0.2, 0.25) is 0 Å². The quantitative estimate of drug-likeness (QED) is 0.641. The van der Waals surface area contributed by atoms with Gasteiger partial charge in [-0.25, -0.2) is 0 Å². The van der Waals surface area contributed by atoms with Crippen molar-refractivity contribution in [3.05, 3.63) is 29.3 Å². The number of hydrogen-bond donors (Lipinski definition) is 0. The minimum atomic E-state index is 0.151. The zero-order chi connectivity index (χ0) is 10.8. The van der Waals surface area contributed by atoms with Gasteiger partial charge in [0.05, 0.1) is 11.6 Å². The summed E-state index contributed by atoms with van der Waals surface area (Å²) in [7, 11) is 1.79. The van der Waals surface area contributed by atoms with E-state index >= 15 is 0 Å². The lowest BCUT2D eigenvalue weighted by Crippen LogP contribution is -2.24. The second-order valence-electron chi connectivity index (χ2n) is 3.76. The Morgan fingerprint density at radius 3 is 2.93 bits per heavy atom. The summed E-state index contributed by atoms with van der Waals surface area (Å²) in [6, 6.07) is 7.62. The molecule has 0 bridgehead atoms. The van der Waals surface area contributed by atoms with Crippen LogP contribution in [0.4, 0.5) is 5.69 Å². The molecule has 3 heteroatoms. The standard InChI is InChI=1S/C12H12N2O/c1-14-11-6-5-9(8-13)7-10(11)3-2-4-12(14)15/h5-7H,2-4H2,1H3.